The van der Waals surface area contributed by atoms with Gasteiger partial charge in [-0.3, -0.25) is 9.59 Å². The first-order valence-electron chi connectivity index (χ1n) is 9.59. The van der Waals surface area contributed by atoms with Crippen LogP contribution in [-0.2, 0) is 4.79 Å². The number of nitrogens with one attached hydrogen (secondary N) is 2. The number of rotatable bonds is 4. The molecule has 0 unspecified atom stereocenters. The molecule has 2 N–H and O–H groups in total. The molecular formula is C21H21N3O2S2. The maximum absolute atomic E-state index is 12.7. The fourth-order valence-electron chi connectivity index (χ4n) is 3.82. The highest BCUT2D eigenvalue weighted by Gasteiger charge is 2.34. The Morgan fingerprint density at radius 2 is 1.96 bits per heavy atom. The van der Waals surface area contributed by atoms with Crippen molar-refractivity contribution in [2.75, 3.05) is 25.0 Å². The van der Waals surface area contributed by atoms with Crippen LogP contribution in [0, 0.1) is 0 Å². The van der Waals surface area contributed by atoms with Crippen molar-refractivity contribution in [3.63, 3.8) is 0 Å². The Hall–Kier alpha value is -2.22. The third kappa shape index (κ3) is 3.34. The van der Waals surface area contributed by atoms with E-state index in [9.17, 15) is 9.59 Å². The van der Waals surface area contributed by atoms with Gasteiger partial charge in [-0.25, -0.2) is 0 Å². The van der Waals surface area contributed by atoms with Gasteiger partial charge in [0.2, 0.25) is 5.91 Å². The predicted octanol–water partition coefficient (Wildman–Crippen LogP) is 3.89. The molecule has 0 spiro atoms. The van der Waals surface area contributed by atoms with Gasteiger partial charge in [-0.05, 0) is 49.0 Å². The summed E-state index contributed by atoms with van der Waals surface area (Å²) in [4.78, 5) is 28.9. The Kier molecular flexibility index (Phi) is 4.66. The zero-order chi connectivity index (χ0) is 19.1. The van der Waals surface area contributed by atoms with Crippen LogP contribution in [-0.4, -0.2) is 42.4 Å². The molecule has 7 heteroatoms. The van der Waals surface area contributed by atoms with Crippen LogP contribution in [0.25, 0.3) is 10.1 Å². The van der Waals surface area contributed by atoms with Gasteiger partial charge in [0.25, 0.3) is 5.91 Å². The van der Waals surface area contributed by atoms with Crippen molar-refractivity contribution in [2.45, 2.75) is 24.8 Å². The lowest BCUT2D eigenvalue weighted by atomic mass is 9.97. The molecule has 2 aromatic heterocycles. The zero-order valence-electron chi connectivity index (χ0n) is 15.3. The SMILES string of the molecule is O=C(Nc1ccc(C(=O)N2CC(c3cc4ccccc4s3)C2)s1)[C@@H]1CCCN1. The summed E-state index contributed by atoms with van der Waals surface area (Å²) in [6.45, 7) is 2.41. The number of hydrogen-bond acceptors (Lipinski definition) is 5. The lowest BCUT2D eigenvalue weighted by Crippen LogP contribution is -2.47. The van der Waals surface area contributed by atoms with Crippen molar-refractivity contribution >= 4 is 49.6 Å². The van der Waals surface area contributed by atoms with Crippen molar-refractivity contribution in [3.8, 4) is 0 Å². The van der Waals surface area contributed by atoms with Crippen LogP contribution in [0.2, 0.25) is 0 Å². The number of anilines is 1. The highest BCUT2D eigenvalue weighted by Crippen LogP contribution is 2.37. The number of likely N-dealkylation sites (tertiary alicyclic amines) is 1. The maximum atomic E-state index is 12.7. The Bertz CT molecular complexity index is 996. The molecule has 144 valence electrons. The van der Waals surface area contributed by atoms with Crippen molar-refractivity contribution in [3.05, 3.63) is 52.2 Å². The molecule has 2 saturated heterocycles. The summed E-state index contributed by atoms with van der Waals surface area (Å²) in [5.41, 5.74) is 0. The van der Waals surface area contributed by atoms with Crippen molar-refractivity contribution < 1.29 is 9.59 Å². The van der Waals surface area contributed by atoms with Gasteiger partial charge in [0.15, 0.2) is 0 Å². The first kappa shape index (κ1) is 17.8. The molecule has 0 radical (unpaired) electrons. The molecule has 2 amide bonds. The monoisotopic (exact) mass is 411 g/mol. The quantitative estimate of drug-likeness (QED) is 0.685. The number of amides is 2. The van der Waals surface area contributed by atoms with E-state index in [4.69, 9.17) is 0 Å². The number of hydrogen-bond donors (Lipinski definition) is 2. The Morgan fingerprint density at radius 3 is 2.75 bits per heavy atom. The van der Waals surface area contributed by atoms with E-state index in [0.717, 1.165) is 37.5 Å². The van der Waals surface area contributed by atoms with Gasteiger partial charge in [0, 0.05) is 28.6 Å². The summed E-state index contributed by atoms with van der Waals surface area (Å²) in [6, 6.07) is 14.2. The summed E-state index contributed by atoms with van der Waals surface area (Å²) >= 11 is 3.18. The van der Waals surface area contributed by atoms with E-state index in [1.165, 1.54) is 26.3 Å². The lowest BCUT2D eigenvalue weighted by molar-refractivity contribution is -0.117. The van der Waals surface area contributed by atoms with Crippen LogP contribution in [0.15, 0.2) is 42.5 Å². The van der Waals surface area contributed by atoms with Gasteiger partial charge in [-0.15, -0.1) is 22.7 Å². The first-order chi connectivity index (χ1) is 13.7. The largest absolute Gasteiger partial charge is 0.337 e. The van der Waals surface area contributed by atoms with Crippen molar-refractivity contribution in [1.29, 1.82) is 0 Å². The summed E-state index contributed by atoms with van der Waals surface area (Å²) in [7, 11) is 0. The first-order valence-corrected chi connectivity index (χ1v) is 11.2. The molecule has 5 nitrogen and oxygen atoms in total. The average Bonchev–Trinajstić information content (AvgIpc) is 3.40. The average molecular weight is 412 g/mol. The van der Waals surface area contributed by atoms with Gasteiger partial charge >= 0.3 is 0 Å². The molecule has 2 aliphatic heterocycles. The number of carbonyl (C=O) groups excluding carboxylic acids is 2. The molecule has 1 aromatic carbocycles. The fourth-order valence-corrected chi connectivity index (χ4v) is 5.84. The number of fused-ring (bicyclic) bond motifs is 1. The minimum atomic E-state index is -0.112. The van der Waals surface area contributed by atoms with E-state index in [2.05, 4.69) is 41.0 Å². The highest BCUT2D eigenvalue weighted by molar-refractivity contribution is 7.19. The van der Waals surface area contributed by atoms with Crippen LogP contribution in [0.3, 0.4) is 0 Å². The number of thiophene rings is 2. The third-order valence-electron chi connectivity index (χ3n) is 5.46. The minimum Gasteiger partial charge on any atom is -0.337 e. The van der Waals surface area contributed by atoms with E-state index >= 15 is 0 Å². The van der Waals surface area contributed by atoms with Gasteiger partial charge in [0.1, 0.15) is 0 Å². The van der Waals surface area contributed by atoms with Crippen molar-refractivity contribution in [2.24, 2.45) is 0 Å². The molecule has 5 rings (SSSR count). The Morgan fingerprint density at radius 1 is 1.11 bits per heavy atom. The number of benzene rings is 1. The summed E-state index contributed by atoms with van der Waals surface area (Å²) in [5.74, 6) is 0.475. The van der Waals surface area contributed by atoms with E-state index < -0.39 is 0 Å². The molecule has 2 aliphatic rings. The molecule has 0 saturated carbocycles. The molecule has 2 fully saturated rings. The van der Waals surface area contributed by atoms with Gasteiger partial charge in [0.05, 0.1) is 15.9 Å². The fraction of sp³-hybridized carbons (Fsp3) is 0.333. The molecule has 1 atom stereocenters. The van der Waals surface area contributed by atoms with Crippen LogP contribution in [0.1, 0.15) is 33.3 Å². The number of carbonyl (C=O) groups is 2. The van der Waals surface area contributed by atoms with E-state index in [1.807, 2.05) is 28.4 Å². The van der Waals surface area contributed by atoms with E-state index in [1.54, 1.807) is 0 Å². The normalized spacial score (nSPS) is 19.7. The predicted molar refractivity (Wildman–Crippen MR) is 114 cm³/mol. The molecule has 0 aliphatic carbocycles. The van der Waals surface area contributed by atoms with E-state index in [-0.39, 0.29) is 17.9 Å². The molecular weight excluding hydrogens is 390 g/mol. The zero-order valence-corrected chi connectivity index (χ0v) is 16.9. The lowest BCUT2D eigenvalue weighted by Gasteiger charge is -2.38. The smallest absolute Gasteiger partial charge is 0.264 e. The summed E-state index contributed by atoms with van der Waals surface area (Å²) < 4.78 is 1.30. The van der Waals surface area contributed by atoms with Crippen LogP contribution in [0.5, 0.6) is 0 Å². The Labute approximate surface area is 171 Å². The van der Waals surface area contributed by atoms with Crippen LogP contribution in [0.4, 0.5) is 5.00 Å². The van der Waals surface area contributed by atoms with Gasteiger partial charge in [-0.2, -0.15) is 0 Å². The highest BCUT2D eigenvalue weighted by atomic mass is 32.1. The second-order valence-electron chi connectivity index (χ2n) is 7.40. The van der Waals surface area contributed by atoms with Crippen LogP contribution < -0.4 is 10.6 Å². The topological polar surface area (TPSA) is 61.4 Å². The molecule has 28 heavy (non-hydrogen) atoms. The molecule has 4 heterocycles. The molecule has 0 bridgehead atoms. The van der Waals surface area contributed by atoms with Gasteiger partial charge < -0.3 is 15.5 Å². The standard InChI is InChI=1S/C21H21N3O2S2/c25-20(15-5-3-9-22-15)23-19-8-7-17(28-19)21(26)24-11-14(12-24)18-10-13-4-1-2-6-16(13)27-18/h1-2,4,6-8,10,14-15,22H,3,5,9,11-12H2,(H,23,25)/t15-/m0/s1. The molecule has 3 aromatic rings. The minimum absolute atomic E-state index is 0.00729. The van der Waals surface area contributed by atoms with Crippen molar-refractivity contribution in [1.82, 2.24) is 10.2 Å². The summed E-state index contributed by atoms with van der Waals surface area (Å²) in [5, 5.41) is 8.14. The Balaban J connectivity index is 1.19. The summed E-state index contributed by atoms with van der Waals surface area (Å²) in [6.07, 6.45) is 1.90. The maximum Gasteiger partial charge on any atom is 0.264 e. The second-order valence-corrected chi connectivity index (χ2v) is 9.59. The number of nitrogens with zero attached hydrogens (tertiary/aromatic N) is 1. The van der Waals surface area contributed by atoms with Gasteiger partial charge in [-0.1, -0.05) is 18.2 Å². The van der Waals surface area contributed by atoms with Crippen LogP contribution >= 0.6 is 22.7 Å². The third-order valence-corrected chi connectivity index (χ3v) is 7.72. The second kappa shape index (κ2) is 7.31. The van der Waals surface area contributed by atoms with E-state index in [0.29, 0.717) is 10.8 Å².